The van der Waals surface area contributed by atoms with E-state index in [1.54, 1.807) is 13.8 Å². The zero-order chi connectivity index (χ0) is 17.0. The van der Waals surface area contributed by atoms with Crippen molar-refractivity contribution in [1.82, 2.24) is 0 Å². The molecule has 0 unspecified atom stereocenters. The Balaban J connectivity index is 3.34. The van der Waals surface area contributed by atoms with Crippen molar-refractivity contribution in [3.63, 3.8) is 0 Å². The Bertz CT molecular complexity index is 612. The highest BCUT2D eigenvalue weighted by molar-refractivity contribution is 5.96. The van der Waals surface area contributed by atoms with Crippen LogP contribution in [-0.2, 0) is 9.53 Å². The van der Waals surface area contributed by atoms with Gasteiger partial charge in [-0.05, 0) is 25.0 Å². The summed E-state index contributed by atoms with van der Waals surface area (Å²) < 4.78 is 4.55. The lowest BCUT2D eigenvalue weighted by atomic mass is 10.0. The van der Waals surface area contributed by atoms with Crippen molar-refractivity contribution in [2.24, 2.45) is 5.92 Å². The maximum Gasteiger partial charge on any atom is 0.344 e. The van der Waals surface area contributed by atoms with E-state index in [4.69, 9.17) is 0 Å². The highest BCUT2D eigenvalue weighted by Gasteiger charge is 2.27. The van der Waals surface area contributed by atoms with Gasteiger partial charge in [0.05, 0.1) is 12.0 Å². The van der Waals surface area contributed by atoms with Gasteiger partial charge in [0.25, 0.3) is 5.69 Å². The molecule has 0 amide bonds. The summed E-state index contributed by atoms with van der Waals surface area (Å²) in [5.74, 6) is -2.12. The van der Waals surface area contributed by atoms with Crippen molar-refractivity contribution >= 4 is 23.3 Å². The lowest BCUT2D eigenvalue weighted by Gasteiger charge is -2.20. The SMILES string of the molecule is COC(=O)c1cc(N[C@@H](C(=O)O)C(C)C)cc(C)c1[N+](=O)[O-]. The number of hydrogen-bond donors (Lipinski definition) is 2. The van der Waals surface area contributed by atoms with Gasteiger partial charge in [-0.15, -0.1) is 0 Å². The Morgan fingerprint density at radius 1 is 1.36 bits per heavy atom. The average molecular weight is 310 g/mol. The van der Waals surface area contributed by atoms with Crippen LogP contribution in [0, 0.1) is 23.0 Å². The first-order valence-electron chi connectivity index (χ1n) is 6.55. The number of nitrogens with one attached hydrogen (secondary N) is 1. The van der Waals surface area contributed by atoms with Crippen molar-refractivity contribution < 1.29 is 24.4 Å². The van der Waals surface area contributed by atoms with Gasteiger partial charge in [0.15, 0.2) is 0 Å². The Morgan fingerprint density at radius 3 is 2.36 bits per heavy atom. The van der Waals surface area contributed by atoms with E-state index in [-0.39, 0.29) is 22.7 Å². The monoisotopic (exact) mass is 310 g/mol. The van der Waals surface area contributed by atoms with Gasteiger partial charge >= 0.3 is 11.9 Å². The van der Waals surface area contributed by atoms with E-state index in [1.807, 2.05) is 0 Å². The van der Waals surface area contributed by atoms with Crippen LogP contribution in [0.1, 0.15) is 29.8 Å². The molecule has 0 radical (unpaired) electrons. The molecule has 22 heavy (non-hydrogen) atoms. The number of hydrogen-bond acceptors (Lipinski definition) is 6. The molecule has 0 spiro atoms. The first kappa shape index (κ1) is 17.4. The van der Waals surface area contributed by atoms with Gasteiger partial charge < -0.3 is 15.2 Å². The first-order chi connectivity index (χ1) is 10.2. The normalized spacial score (nSPS) is 11.9. The number of carboxylic acid groups (broad SMARTS) is 1. The number of carboxylic acids is 1. The second-order valence-corrected chi connectivity index (χ2v) is 5.14. The van der Waals surface area contributed by atoms with Crippen LogP contribution in [0.2, 0.25) is 0 Å². The number of nitro groups is 1. The molecule has 0 saturated carbocycles. The third-order valence-electron chi connectivity index (χ3n) is 3.14. The van der Waals surface area contributed by atoms with E-state index in [9.17, 15) is 24.8 Å². The van der Waals surface area contributed by atoms with Gasteiger partial charge in [-0.3, -0.25) is 10.1 Å². The van der Waals surface area contributed by atoms with E-state index in [2.05, 4.69) is 10.1 Å². The zero-order valence-electron chi connectivity index (χ0n) is 12.7. The van der Waals surface area contributed by atoms with Gasteiger partial charge in [0, 0.05) is 11.3 Å². The minimum atomic E-state index is -1.05. The standard InChI is InChI=1S/C14H18N2O6/c1-7(2)11(13(17)18)15-9-5-8(3)12(16(20)21)10(6-9)14(19)22-4/h5-7,11,15H,1-4H3,(H,17,18)/t11-/m1/s1. The molecule has 1 atom stereocenters. The largest absolute Gasteiger partial charge is 0.480 e. The summed E-state index contributed by atoms with van der Waals surface area (Å²) in [4.78, 5) is 33.4. The van der Waals surface area contributed by atoms with E-state index in [0.29, 0.717) is 5.69 Å². The number of anilines is 1. The fraction of sp³-hybridized carbons (Fsp3) is 0.429. The van der Waals surface area contributed by atoms with E-state index in [1.165, 1.54) is 19.1 Å². The molecule has 0 aliphatic heterocycles. The van der Waals surface area contributed by atoms with Gasteiger partial charge in [-0.2, -0.15) is 0 Å². The van der Waals surface area contributed by atoms with E-state index in [0.717, 1.165) is 7.11 Å². The molecule has 0 fully saturated rings. The summed E-state index contributed by atoms with van der Waals surface area (Å²) in [5.41, 5.74) is -0.0235. The number of carbonyl (C=O) groups excluding carboxylic acids is 1. The Labute approximate surface area is 127 Å². The molecule has 1 aromatic carbocycles. The van der Waals surface area contributed by atoms with Crippen LogP contribution in [0.25, 0.3) is 0 Å². The number of nitrogens with zero attached hydrogens (tertiary/aromatic N) is 1. The molecule has 2 N–H and O–H groups in total. The van der Waals surface area contributed by atoms with Gasteiger partial charge in [-0.1, -0.05) is 13.8 Å². The summed E-state index contributed by atoms with van der Waals surface area (Å²) in [6.07, 6.45) is 0. The summed E-state index contributed by atoms with van der Waals surface area (Å²) in [6.45, 7) is 4.93. The van der Waals surface area contributed by atoms with Crippen LogP contribution in [-0.4, -0.2) is 35.1 Å². The zero-order valence-corrected chi connectivity index (χ0v) is 12.7. The number of rotatable bonds is 6. The molecule has 0 bridgehead atoms. The average Bonchev–Trinajstić information content (AvgIpc) is 2.41. The number of benzene rings is 1. The molecule has 1 rings (SSSR count). The van der Waals surface area contributed by atoms with Crippen LogP contribution >= 0.6 is 0 Å². The molecule has 8 nitrogen and oxygen atoms in total. The number of aryl methyl sites for hydroxylation is 1. The summed E-state index contributed by atoms with van der Waals surface area (Å²) >= 11 is 0. The number of nitro benzene ring substituents is 1. The number of ether oxygens (including phenoxy) is 1. The fourth-order valence-electron chi connectivity index (χ4n) is 2.06. The molecule has 0 heterocycles. The lowest BCUT2D eigenvalue weighted by Crippen LogP contribution is -2.34. The maximum atomic E-state index is 11.7. The topological polar surface area (TPSA) is 119 Å². The van der Waals surface area contributed by atoms with Crippen LogP contribution in [0.3, 0.4) is 0 Å². The predicted octanol–water partition coefficient (Wildman–Crippen LogP) is 2.21. The Morgan fingerprint density at radius 2 is 1.95 bits per heavy atom. The Kier molecular flexibility index (Phi) is 5.44. The fourth-order valence-corrected chi connectivity index (χ4v) is 2.06. The third-order valence-corrected chi connectivity index (χ3v) is 3.14. The molecule has 1 aromatic rings. The van der Waals surface area contributed by atoms with Crippen molar-refractivity contribution in [3.05, 3.63) is 33.4 Å². The van der Waals surface area contributed by atoms with Gasteiger partial charge in [0.2, 0.25) is 0 Å². The molecule has 8 heteroatoms. The van der Waals surface area contributed by atoms with Crippen molar-refractivity contribution in [2.75, 3.05) is 12.4 Å². The lowest BCUT2D eigenvalue weighted by molar-refractivity contribution is -0.385. The number of methoxy groups -OCH3 is 1. The smallest absolute Gasteiger partial charge is 0.344 e. The minimum absolute atomic E-state index is 0.213. The molecule has 0 aliphatic carbocycles. The van der Waals surface area contributed by atoms with Crippen LogP contribution in [0.5, 0.6) is 0 Å². The molecule has 0 aliphatic rings. The molecule has 120 valence electrons. The summed E-state index contributed by atoms with van der Waals surface area (Å²) in [6, 6.07) is 1.78. The Hall–Kier alpha value is -2.64. The second-order valence-electron chi connectivity index (χ2n) is 5.14. The van der Waals surface area contributed by atoms with E-state index >= 15 is 0 Å². The third kappa shape index (κ3) is 3.72. The highest BCUT2D eigenvalue weighted by atomic mass is 16.6. The molecule has 0 saturated heterocycles. The van der Waals surface area contributed by atoms with Gasteiger partial charge in [-0.25, -0.2) is 9.59 Å². The van der Waals surface area contributed by atoms with Crippen molar-refractivity contribution in [3.8, 4) is 0 Å². The van der Waals surface area contributed by atoms with Crippen molar-refractivity contribution in [2.45, 2.75) is 26.8 Å². The quantitative estimate of drug-likeness (QED) is 0.469. The highest BCUT2D eigenvalue weighted by Crippen LogP contribution is 2.29. The van der Waals surface area contributed by atoms with Crippen LogP contribution in [0.4, 0.5) is 11.4 Å². The van der Waals surface area contributed by atoms with Crippen molar-refractivity contribution in [1.29, 1.82) is 0 Å². The minimum Gasteiger partial charge on any atom is -0.480 e. The maximum absolute atomic E-state index is 11.7. The molecule has 0 aromatic heterocycles. The number of aliphatic carboxylic acids is 1. The van der Waals surface area contributed by atoms with E-state index < -0.39 is 22.9 Å². The predicted molar refractivity (Wildman–Crippen MR) is 79.1 cm³/mol. The summed E-state index contributed by atoms with van der Waals surface area (Å²) in [7, 11) is 1.12. The summed E-state index contributed by atoms with van der Waals surface area (Å²) in [5, 5.41) is 23.0. The molecular weight excluding hydrogens is 292 g/mol. The number of carbonyl (C=O) groups is 2. The van der Waals surface area contributed by atoms with Gasteiger partial charge in [0.1, 0.15) is 11.6 Å². The molecular formula is C14H18N2O6. The van der Waals surface area contributed by atoms with Crippen LogP contribution < -0.4 is 5.32 Å². The number of esters is 1. The van der Waals surface area contributed by atoms with Crippen LogP contribution in [0.15, 0.2) is 12.1 Å². The second kappa shape index (κ2) is 6.88. The first-order valence-corrected chi connectivity index (χ1v) is 6.55.